The SMILES string of the molecule is O=C(Oc1cccc2c(OC(=O)C34CC5CC(CC(C5)C3)C4)cccc12)C12CC3CC(CC(C3)C1)C2. The van der Waals surface area contributed by atoms with Gasteiger partial charge in [-0.2, -0.15) is 0 Å². The average Bonchev–Trinajstić information content (AvgIpc) is 2.83. The quantitative estimate of drug-likeness (QED) is 0.344. The van der Waals surface area contributed by atoms with E-state index in [1.807, 2.05) is 36.4 Å². The highest BCUT2D eigenvalue weighted by molar-refractivity contribution is 5.96. The zero-order valence-electron chi connectivity index (χ0n) is 21.0. The maximum Gasteiger partial charge on any atom is 0.317 e. The molecule has 0 N–H and O–H groups in total. The Labute approximate surface area is 213 Å². The van der Waals surface area contributed by atoms with Crippen LogP contribution in [0.15, 0.2) is 36.4 Å². The van der Waals surface area contributed by atoms with Crippen LogP contribution in [0.3, 0.4) is 0 Å². The molecular weight excluding hydrogens is 448 g/mol. The molecule has 2 aromatic rings. The summed E-state index contributed by atoms with van der Waals surface area (Å²) in [6.45, 7) is 0. The summed E-state index contributed by atoms with van der Waals surface area (Å²) < 4.78 is 12.4. The molecule has 4 heteroatoms. The van der Waals surface area contributed by atoms with E-state index in [9.17, 15) is 9.59 Å². The Morgan fingerprint density at radius 3 is 1.14 bits per heavy atom. The van der Waals surface area contributed by atoms with Gasteiger partial charge in [0.25, 0.3) is 0 Å². The number of fused-ring (bicyclic) bond motifs is 1. The van der Waals surface area contributed by atoms with E-state index in [4.69, 9.17) is 9.47 Å². The van der Waals surface area contributed by atoms with Crippen LogP contribution in [0.1, 0.15) is 77.0 Å². The Morgan fingerprint density at radius 1 is 0.528 bits per heavy atom. The third-order valence-electron chi connectivity index (χ3n) is 11.2. The molecular formula is C32H36O4. The van der Waals surface area contributed by atoms with Crippen LogP contribution in [0.5, 0.6) is 11.5 Å². The molecule has 4 nitrogen and oxygen atoms in total. The number of esters is 2. The number of carbonyl (C=O) groups excluding carboxylic acids is 2. The summed E-state index contributed by atoms with van der Waals surface area (Å²) in [6, 6.07) is 11.6. The third kappa shape index (κ3) is 3.25. The second-order valence-corrected chi connectivity index (χ2v) is 13.8. The van der Waals surface area contributed by atoms with E-state index < -0.39 is 0 Å². The summed E-state index contributed by atoms with van der Waals surface area (Å²) in [5.41, 5.74) is -0.584. The summed E-state index contributed by atoms with van der Waals surface area (Å²) >= 11 is 0. The summed E-state index contributed by atoms with van der Waals surface area (Å²) in [7, 11) is 0. The van der Waals surface area contributed by atoms with Crippen molar-refractivity contribution in [2.75, 3.05) is 0 Å². The second kappa shape index (κ2) is 7.58. The monoisotopic (exact) mass is 484 g/mol. The van der Waals surface area contributed by atoms with Crippen molar-refractivity contribution in [1.82, 2.24) is 0 Å². The number of ether oxygens (including phenoxy) is 2. The van der Waals surface area contributed by atoms with Crippen LogP contribution < -0.4 is 9.47 Å². The summed E-state index contributed by atoms with van der Waals surface area (Å²) in [4.78, 5) is 27.2. The van der Waals surface area contributed by atoms with E-state index in [0.717, 1.165) is 49.3 Å². The van der Waals surface area contributed by atoms with Gasteiger partial charge in [0.15, 0.2) is 0 Å². The van der Waals surface area contributed by atoms with Gasteiger partial charge in [-0.05, 0) is 125 Å². The van der Waals surface area contributed by atoms with Crippen molar-refractivity contribution in [3.63, 3.8) is 0 Å². The Bertz CT molecular complexity index is 1090. The third-order valence-corrected chi connectivity index (χ3v) is 11.2. The Morgan fingerprint density at radius 2 is 0.833 bits per heavy atom. The van der Waals surface area contributed by atoms with Gasteiger partial charge >= 0.3 is 11.9 Å². The van der Waals surface area contributed by atoms with Gasteiger partial charge in [-0.15, -0.1) is 0 Å². The van der Waals surface area contributed by atoms with Crippen LogP contribution in [0, 0.1) is 46.3 Å². The fourth-order valence-electron chi connectivity index (χ4n) is 10.6. The first-order valence-corrected chi connectivity index (χ1v) is 14.4. The van der Waals surface area contributed by atoms with Gasteiger partial charge in [0, 0.05) is 10.8 Å². The number of hydrogen-bond donors (Lipinski definition) is 0. The van der Waals surface area contributed by atoms with Crippen molar-refractivity contribution in [2.45, 2.75) is 77.0 Å². The minimum atomic E-state index is -0.292. The van der Waals surface area contributed by atoms with Crippen LogP contribution >= 0.6 is 0 Å². The fraction of sp³-hybridized carbons (Fsp3) is 0.625. The van der Waals surface area contributed by atoms with E-state index >= 15 is 0 Å². The van der Waals surface area contributed by atoms with Crippen molar-refractivity contribution in [2.24, 2.45) is 46.3 Å². The molecule has 8 aliphatic carbocycles. The van der Waals surface area contributed by atoms with Gasteiger partial charge in [-0.3, -0.25) is 9.59 Å². The van der Waals surface area contributed by atoms with Gasteiger partial charge in [0.1, 0.15) is 11.5 Å². The van der Waals surface area contributed by atoms with Gasteiger partial charge in [-0.25, -0.2) is 0 Å². The maximum atomic E-state index is 13.6. The van der Waals surface area contributed by atoms with Gasteiger partial charge in [0.05, 0.1) is 10.8 Å². The lowest BCUT2D eigenvalue weighted by Crippen LogP contribution is -2.51. The number of rotatable bonds is 4. The lowest BCUT2D eigenvalue weighted by atomic mass is 9.49. The van der Waals surface area contributed by atoms with Crippen molar-refractivity contribution in [3.05, 3.63) is 36.4 Å². The fourth-order valence-corrected chi connectivity index (χ4v) is 10.6. The first-order valence-electron chi connectivity index (χ1n) is 14.4. The molecule has 0 unspecified atom stereocenters. The average molecular weight is 485 g/mol. The van der Waals surface area contributed by atoms with Crippen LogP contribution in [0.25, 0.3) is 10.8 Å². The number of carbonyl (C=O) groups is 2. The van der Waals surface area contributed by atoms with Crippen molar-refractivity contribution < 1.29 is 19.1 Å². The molecule has 188 valence electrons. The van der Waals surface area contributed by atoms with E-state index in [1.165, 1.54) is 38.5 Å². The molecule has 8 bridgehead atoms. The first-order chi connectivity index (χ1) is 17.5. The molecule has 0 aliphatic heterocycles. The molecule has 0 saturated heterocycles. The van der Waals surface area contributed by atoms with E-state index in [0.29, 0.717) is 47.0 Å². The highest BCUT2D eigenvalue weighted by Crippen LogP contribution is 2.61. The highest BCUT2D eigenvalue weighted by Gasteiger charge is 2.57. The molecule has 0 aromatic heterocycles. The summed E-state index contributed by atoms with van der Waals surface area (Å²) in [5.74, 6) is 5.33. The molecule has 0 spiro atoms. The van der Waals surface area contributed by atoms with Gasteiger partial charge in [-0.1, -0.05) is 24.3 Å². The van der Waals surface area contributed by atoms with E-state index in [-0.39, 0.29) is 22.8 Å². The van der Waals surface area contributed by atoms with Gasteiger partial charge < -0.3 is 9.47 Å². The van der Waals surface area contributed by atoms with Crippen molar-refractivity contribution >= 4 is 22.7 Å². The number of hydrogen-bond acceptors (Lipinski definition) is 4. The minimum absolute atomic E-state index is 0.0370. The molecule has 0 atom stereocenters. The Hall–Kier alpha value is -2.36. The highest BCUT2D eigenvalue weighted by atomic mass is 16.5. The normalized spacial score (nSPS) is 41.6. The lowest BCUT2D eigenvalue weighted by molar-refractivity contribution is -0.162. The zero-order chi connectivity index (χ0) is 24.1. The van der Waals surface area contributed by atoms with Crippen molar-refractivity contribution in [3.8, 4) is 11.5 Å². The van der Waals surface area contributed by atoms with E-state index in [1.54, 1.807) is 0 Å². The summed E-state index contributed by atoms with van der Waals surface area (Å²) in [5, 5.41) is 1.71. The first kappa shape index (κ1) is 21.7. The molecule has 0 radical (unpaired) electrons. The molecule has 0 heterocycles. The molecule has 2 aromatic carbocycles. The number of benzene rings is 2. The maximum absolute atomic E-state index is 13.6. The Balaban J connectivity index is 1.07. The largest absolute Gasteiger partial charge is 0.425 e. The van der Waals surface area contributed by atoms with Crippen molar-refractivity contribution in [1.29, 1.82) is 0 Å². The molecule has 8 aliphatic rings. The molecule has 0 amide bonds. The molecule has 10 rings (SSSR count). The van der Waals surface area contributed by atoms with Crippen LogP contribution in [-0.2, 0) is 9.59 Å². The predicted molar refractivity (Wildman–Crippen MR) is 136 cm³/mol. The minimum Gasteiger partial charge on any atom is -0.425 e. The van der Waals surface area contributed by atoms with Crippen LogP contribution in [0.2, 0.25) is 0 Å². The van der Waals surface area contributed by atoms with Crippen LogP contribution in [0.4, 0.5) is 0 Å². The Kier molecular flexibility index (Phi) is 4.57. The molecule has 8 saturated carbocycles. The summed E-state index contributed by atoms with van der Waals surface area (Å²) in [6.07, 6.45) is 13.8. The zero-order valence-corrected chi connectivity index (χ0v) is 21.0. The lowest BCUT2D eigenvalue weighted by Gasteiger charge is -2.55. The predicted octanol–water partition coefficient (Wildman–Crippen LogP) is 7.08. The molecule has 36 heavy (non-hydrogen) atoms. The van der Waals surface area contributed by atoms with E-state index in [2.05, 4.69) is 0 Å². The smallest absolute Gasteiger partial charge is 0.317 e. The van der Waals surface area contributed by atoms with Crippen LogP contribution in [-0.4, -0.2) is 11.9 Å². The molecule has 8 fully saturated rings. The standard InChI is InChI=1S/C32H36O4/c33-29(31-13-19-7-20(14-31)9-21(8-19)15-31)35-27-5-1-3-25-26(27)4-2-6-28(25)36-30(34)32-16-22-10-23(17-32)12-24(11-22)18-32/h1-6,19-24H,7-18H2. The topological polar surface area (TPSA) is 52.6 Å². The second-order valence-electron chi connectivity index (χ2n) is 13.8. The van der Waals surface area contributed by atoms with Gasteiger partial charge in [0.2, 0.25) is 0 Å².